The van der Waals surface area contributed by atoms with E-state index < -0.39 is 0 Å². The Bertz CT molecular complexity index is 300. The summed E-state index contributed by atoms with van der Waals surface area (Å²) in [6.45, 7) is 5.63. The number of aromatic nitrogens is 1. The molecular weight excluding hydrogens is 207 g/mol. The van der Waals surface area contributed by atoms with Gasteiger partial charge in [-0.1, -0.05) is 13.8 Å². The molecule has 0 saturated carbocycles. The van der Waals surface area contributed by atoms with Crippen LogP contribution in [-0.2, 0) is 4.74 Å². The first kappa shape index (κ1) is 13.1. The number of halogens is 1. The van der Waals surface area contributed by atoms with Gasteiger partial charge in [-0.15, -0.1) is 0 Å². The van der Waals surface area contributed by atoms with Gasteiger partial charge in [0.1, 0.15) is 5.82 Å². The smallest absolute Gasteiger partial charge is 0.141 e. The molecule has 0 aliphatic heterocycles. The molecule has 1 heterocycles. The van der Waals surface area contributed by atoms with Crippen molar-refractivity contribution in [3.8, 4) is 0 Å². The van der Waals surface area contributed by atoms with Gasteiger partial charge in [0.2, 0.25) is 0 Å². The Labute approximate surface area is 96.0 Å². The van der Waals surface area contributed by atoms with Crippen molar-refractivity contribution in [2.45, 2.75) is 19.9 Å². The molecule has 3 nitrogen and oxygen atoms in total. The molecule has 0 saturated heterocycles. The average molecular weight is 226 g/mol. The van der Waals surface area contributed by atoms with Crippen LogP contribution in [0.15, 0.2) is 18.3 Å². The highest BCUT2D eigenvalue weighted by atomic mass is 19.1. The number of nitrogens with one attached hydrogen (secondary N) is 1. The first-order chi connectivity index (χ1) is 7.65. The van der Waals surface area contributed by atoms with Crippen molar-refractivity contribution >= 4 is 0 Å². The van der Waals surface area contributed by atoms with Gasteiger partial charge in [0, 0.05) is 13.7 Å². The molecule has 0 radical (unpaired) electrons. The van der Waals surface area contributed by atoms with Crippen molar-refractivity contribution in [3.05, 3.63) is 29.8 Å². The molecule has 1 aromatic heterocycles. The minimum absolute atomic E-state index is 0.135. The third-order valence-corrected chi connectivity index (χ3v) is 2.41. The van der Waals surface area contributed by atoms with Crippen molar-refractivity contribution in [2.24, 2.45) is 5.92 Å². The molecule has 1 unspecified atom stereocenters. The molecule has 1 atom stereocenters. The average Bonchev–Trinajstić information content (AvgIpc) is 2.26. The Morgan fingerprint density at radius 1 is 1.44 bits per heavy atom. The monoisotopic (exact) mass is 226 g/mol. The van der Waals surface area contributed by atoms with E-state index in [0.29, 0.717) is 12.5 Å². The van der Waals surface area contributed by atoms with E-state index in [9.17, 15) is 4.39 Å². The van der Waals surface area contributed by atoms with Crippen LogP contribution in [0.1, 0.15) is 25.6 Å². The summed E-state index contributed by atoms with van der Waals surface area (Å²) in [6, 6.07) is 3.30. The second-order valence-electron chi connectivity index (χ2n) is 4.07. The number of hydrogen-bond donors (Lipinski definition) is 1. The van der Waals surface area contributed by atoms with Crippen LogP contribution in [0.25, 0.3) is 0 Å². The van der Waals surface area contributed by atoms with Crippen LogP contribution >= 0.6 is 0 Å². The lowest BCUT2D eigenvalue weighted by Crippen LogP contribution is -2.29. The Morgan fingerprint density at radius 2 is 2.19 bits per heavy atom. The Morgan fingerprint density at radius 3 is 2.69 bits per heavy atom. The number of methoxy groups -OCH3 is 1. The summed E-state index contributed by atoms with van der Waals surface area (Å²) in [4.78, 5) is 4.10. The van der Waals surface area contributed by atoms with Crippen LogP contribution in [0.3, 0.4) is 0 Å². The number of ether oxygens (including phenoxy) is 1. The van der Waals surface area contributed by atoms with Crippen LogP contribution in [-0.4, -0.2) is 25.2 Å². The predicted molar refractivity (Wildman–Crippen MR) is 61.7 cm³/mol. The van der Waals surface area contributed by atoms with Crippen molar-refractivity contribution in [2.75, 3.05) is 20.3 Å². The van der Waals surface area contributed by atoms with E-state index in [1.807, 2.05) is 0 Å². The second kappa shape index (κ2) is 6.55. The summed E-state index contributed by atoms with van der Waals surface area (Å²) < 4.78 is 17.7. The highest BCUT2D eigenvalue weighted by Gasteiger charge is 2.16. The first-order valence-electron chi connectivity index (χ1n) is 5.49. The van der Waals surface area contributed by atoms with Gasteiger partial charge in [-0.2, -0.15) is 0 Å². The van der Waals surface area contributed by atoms with Crippen molar-refractivity contribution in [1.82, 2.24) is 10.3 Å². The van der Waals surface area contributed by atoms with Crippen molar-refractivity contribution < 1.29 is 9.13 Å². The summed E-state index contributed by atoms with van der Waals surface area (Å²) in [6.07, 6.45) is 1.25. The van der Waals surface area contributed by atoms with E-state index in [0.717, 1.165) is 12.2 Å². The van der Waals surface area contributed by atoms with E-state index in [4.69, 9.17) is 4.74 Å². The van der Waals surface area contributed by atoms with E-state index >= 15 is 0 Å². The predicted octanol–water partition coefficient (Wildman–Crippen LogP) is 2.15. The molecule has 0 aliphatic carbocycles. The number of pyridine rings is 1. The molecule has 16 heavy (non-hydrogen) atoms. The highest BCUT2D eigenvalue weighted by Crippen LogP contribution is 2.19. The molecular formula is C12H19FN2O. The number of rotatable bonds is 6. The van der Waals surface area contributed by atoms with Crippen LogP contribution in [0.2, 0.25) is 0 Å². The Balaban J connectivity index is 2.65. The van der Waals surface area contributed by atoms with Crippen LogP contribution in [0.4, 0.5) is 4.39 Å². The SMILES string of the molecule is COCCNC(c1ccc(F)cn1)C(C)C. The summed E-state index contributed by atoms with van der Waals surface area (Å²) in [5, 5.41) is 3.35. The molecule has 0 amide bonds. The van der Waals surface area contributed by atoms with Gasteiger partial charge in [-0.05, 0) is 18.1 Å². The van der Waals surface area contributed by atoms with Crippen LogP contribution in [0.5, 0.6) is 0 Å². The lowest BCUT2D eigenvalue weighted by Gasteiger charge is -2.21. The fourth-order valence-electron chi connectivity index (χ4n) is 1.57. The topological polar surface area (TPSA) is 34.1 Å². The van der Waals surface area contributed by atoms with Crippen LogP contribution in [0, 0.1) is 11.7 Å². The maximum absolute atomic E-state index is 12.8. The summed E-state index contributed by atoms with van der Waals surface area (Å²) in [5.74, 6) is 0.0953. The van der Waals surface area contributed by atoms with Gasteiger partial charge < -0.3 is 10.1 Å². The Hall–Kier alpha value is -1.00. The second-order valence-corrected chi connectivity index (χ2v) is 4.07. The number of nitrogens with zero attached hydrogens (tertiary/aromatic N) is 1. The Kier molecular flexibility index (Phi) is 5.35. The molecule has 0 aromatic carbocycles. The molecule has 90 valence electrons. The lowest BCUT2D eigenvalue weighted by molar-refractivity contribution is 0.192. The molecule has 1 aromatic rings. The van der Waals surface area contributed by atoms with Gasteiger partial charge in [-0.3, -0.25) is 4.98 Å². The molecule has 1 rings (SSSR count). The minimum atomic E-state index is -0.303. The maximum Gasteiger partial charge on any atom is 0.141 e. The zero-order valence-corrected chi connectivity index (χ0v) is 10.0. The normalized spacial score (nSPS) is 13.1. The van der Waals surface area contributed by atoms with Gasteiger partial charge in [-0.25, -0.2) is 4.39 Å². The molecule has 0 bridgehead atoms. The minimum Gasteiger partial charge on any atom is -0.383 e. The maximum atomic E-state index is 12.8. The van der Waals surface area contributed by atoms with Gasteiger partial charge in [0.15, 0.2) is 0 Å². The molecule has 1 N–H and O–H groups in total. The summed E-state index contributed by atoms with van der Waals surface area (Å²) >= 11 is 0. The van der Waals surface area contributed by atoms with Gasteiger partial charge >= 0.3 is 0 Å². The van der Waals surface area contributed by atoms with E-state index in [1.165, 1.54) is 12.3 Å². The summed E-state index contributed by atoms with van der Waals surface area (Å²) in [7, 11) is 1.67. The third kappa shape index (κ3) is 3.87. The van der Waals surface area contributed by atoms with Gasteiger partial charge in [0.05, 0.1) is 24.5 Å². The molecule has 0 fully saturated rings. The lowest BCUT2D eigenvalue weighted by atomic mass is 10.0. The zero-order chi connectivity index (χ0) is 12.0. The summed E-state index contributed by atoms with van der Waals surface area (Å²) in [5.41, 5.74) is 0.868. The molecule has 0 spiro atoms. The fraction of sp³-hybridized carbons (Fsp3) is 0.583. The van der Waals surface area contributed by atoms with Crippen molar-refractivity contribution in [3.63, 3.8) is 0 Å². The molecule has 4 heteroatoms. The largest absolute Gasteiger partial charge is 0.383 e. The van der Waals surface area contributed by atoms with E-state index in [2.05, 4.69) is 24.1 Å². The zero-order valence-electron chi connectivity index (χ0n) is 10.0. The van der Waals surface area contributed by atoms with Gasteiger partial charge in [0.25, 0.3) is 0 Å². The van der Waals surface area contributed by atoms with Crippen LogP contribution < -0.4 is 5.32 Å². The quantitative estimate of drug-likeness (QED) is 0.755. The highest BCUT2D eigenvalue weighted by molar-refractivity contribution is 5.10. The first-order valence-corrected chi connectivity index (χ1v) is 5.49. The molecule has 0 aliphatic rings. The van der Waals surface area contributed by atoms with E-state index in [1.54, 1.807) is 13.2 Å². The number of hydrogen-bond acceptors (Lipinski definition) is 3. The fourth-order valence-corrected chi connectivity index (χ4v) is 1.57. The van der Waals surface area contributed by atoms with Crippen molar-refractivity contribution in [1.29, 1.82) is 0 Å². The van der Waals surface area contributed by atoms with E-state index in [-0.39, 0.29) is 11.9 Å². The third-order valence-electron chi connectivity index (χ3n) is 2.41. The standard InChI is InChI=1S/C12H19FN2O/c1-9(2)12(14-6-7-16-3)11-5-4-10(13)8-15-11/h4-5,8-9,12,14H,6-7H2,1-3H3.